The van der Waals surface area contributed by atoms with E-state index in [0.29, 0.717) is 41.9 Å². The summed E-state index contributed by atoms with van der Waals surface area (Å²) >= 11 is 0. The molecule has 9 nitrogen and oxygen atoms in total. The van der Waals surface area contributed by atoms with E-state index in [-0.39, 0.29) is 17.9 Å². The molecule has 3 rings (SSSR count). The summed E-state index contributed by atoms with van der Waals surface area (Å²) in [6.07, 6.45) is 2.51. The van der Waals surface area contributed by atoms with E-state index < -0.39 is 11.9 Å². The molecular weight excluding hydrogens is 411 g/mol. The van der Waals surface area contributed by atoms with Crippen LogP contribution < -0.4 is 16.0 Å². The van der Waals surface area contributed by atoms with Crippen LogP contribution in [0.4, 0.5) is 19.0 Å². The topological polar surface area (TPSA) is 143 Å². The lowest BCUT2D eigenvalue weighted by atomic mass is 9.98. The molecule has 1 fully saturated rings. The first-order valence-corrected chi connectivity index (χ1v) is 9.38. The predicted octanol–water partition coefficient (Wildman–Crippen LogP) is 2.12. The molecule has 0 bridgehead atoms. The molecule has 0 radical (unpaired) electrons. The molecule has 0 saturated carbocycles. The first kappa shape index (κ1) is 22.2. The fourth-order valence-corrected chi connectivity index (χ4v) is 3.32. The molecule has 31 heavy (non-hydrogen) atoms. The third kappa shape index (κ3) is 4.97. The van der Waals surface area contributed by atoms with E-state index in [0.717, 1.165) is 6.08 Å². The molecule has 0 aromatic carbocycles. The van der Waals surface area contributed by atoms with Crippen LogP contribution in [0.15, 0.2) is 36.4 Å². The molecule has 2 aromatic rings. The Bertz CT molecular complexity index is 1010. The number of allylic oxidation sites excluding steroid dienone is 1. The van der Waals surface area contributed by atoms with Crippen LogP contribution in [0.25, 0.3) is 17.5 Å². The average Bonchev–Trinajstić information content (AvgIpc) is 3.22. The van der Waals surface area contributed by atoms with Gasteiger partial charge in [0.2, 0.25) is 0 Å². The third-order valence-corrected chi connectivity index (χ3v) is 4.94. The van der Waals surface area contributed by atoms with E-state index in [1.165, 1.54) is 24.9 Å². The molecule has 1 saturated heterocycles. The summed E-state index contributed by atoms with van der Waals surface area (Å²) in [5.74, 6) is 0.833. The zero-order valence-corrected chi connectivity index (χ0v) is 16.6. The molecule has 6 N–H and O–H groups in total. The van der Waals surface area contributed by atoms with Gasteiger partial charge in [-0.3, -0.25) is 5.41 Å². The summed E-state index contributed by atoms with van der Waals surface area (Å²) in [6.45, 7) is 3.35. The molecule has 2 aromatic heterocycles. The third-order valence-electron chi connectivity index (χ3n) is 4.94. The zero-order valence-electron chi connectivity index (χ0n) is 16.6. The molecule has 12 heteroatoms. The summed E-state index contributed by atoms with van der Waals surface area (Å²) in [6, 6.07) is 1.58. The minimum absolute atomic E-state index is 0.0402. The van der Waals surface area contributed by atoms with Gasteiger partial charge >= 0.3 is 6.18 Å². The van der Waals surface area contributed by atoms with Crippen molar-refractivity contribution in [3.05, 3.63) is 42.3 Å². The molecule has 1 aliphatic rings. The van der Waals surface area contributed by atoms with Crippen molar-refractivity contribution in [1.29, 1.82) is 10.8 Å². The second-order valence-electron chi connectivity index (χ2n) is 6.87. The maximum Gasteiger partial charge on any atom is 0.432 e. The average molecular weight is 433 g/mol. The van der Waals surface area contributed by atoms with Crippen LogP contribution in [0.5, 0.6) is 0 Å². The Morgan fingerprint density at radius 1 is 1.32 bits per heavy atom. The lowest BCUT2D eigenvalue weighted by Gasteiger charge is -2.41. The predicted molar refractivity (Wildman–Crippen MR) is 112 cm³/mol. The number of alkyl halides is 3. The maximum atomic E-state index is 12.4. The second kappa shape index (κ2) is 9.08. The summed E-state index contributed by atoms with van der Waals surface area (Å²) in [5, 5.41) is 17.9. The number of halogens is 3. The summed E-state index contributed by atoms with van der Waals surface area (Å²) in [5.41, 5.74) is 5.87. The summed E-state index contributed by atoms with van der Waals surface area (Å²) in [4.78, 5) is 17.6. The van der Waals surface area contributed by atoms with Gasteiger partial charge in [-0.15, -0.1) is 0 Å². The number of aromatic amines is 1. The first-order chi connectivity index (χ1) is 14.7. The van der Waals surface area contributed by atoms with Crippen molar-refractivity contribution >= 4 is 23.8 Å². The van der Waals surface area contributed by atoms with Crippen molar-refractivity contribution in [3.63, 3.8) is 0 Å². The fraction of sp³-hybridized carbons (Fsp3) is 0.316. The molecule has 164 valence electrons. The number of H-pyrrole nitrogens is 1. The number of imidazole rings is 1. The highest BCUT2D eigenvalue weighted by Gasteiger charge is 2.32. The molecule has 2 atom stereocenters. The highest BCUT2D eigenvalue weighted by molar-refractivity contribution is 5.99. The number of anilines is 1. The van der Waals surface area contributed by atoms with Gasteiger partial charge in [0.15, 0.2) is 0 Å². The van der Waals surface area contributed by atoms with Gasteiger partial charge in [0.25, 0.3) is 0 Å². The van der Waals surface area contributed by atoms with Gasteiger partial charge in [-0.2, -0.15) is 13.2 Å². The zero-order chi connectivity index (χ0) is 22.6. The van der Waals surface area contributed by atoms with Crippen molar-refractivity contribution < 1.29 is 13.2 Å². The SMILES string of the molecule is CC1C(/C(C=N)=C/N)NCCN1c1cc(-c2cnc(/C=C\C(=N)C(F)(F)F)[nH]2)ncn1. The minimum Gasteiger partial charge on any atom is -0.404 e. The highest BCUT2D eigenvalue weighted by atomic mass is 19.4. The van der Waals surface area contributed by atoms with Crippen LogP contribution >= 0.6 is 0 Å². The lowest BCUT2D eigenvalue weighted by Crippen LogP contribution is -2.58. The molecule has 1 aliphatic heterocycles. The number of hydrogen-bond acceptors (Lipinski definition) is 8. The van der Waals surface area contributed by atoms with Crippen LogP contribution in [0.1, 0.15) is 12.7 Å². The number of nitrogens with zero attached hydrogens (tertiary/aromatic N) is 4. The quantitative estimate of drug-likeness (QED) is 0.442. The lowest BCUT2D eigenvalue weighted by molar-refractivity contribution is -0.0583. The number of aromatic nitrogens is 4. The van der Waals surface area contributed by atoms with Gasteiger partial charge in [-0.05, 0) is 19.1 Å². The Kier molecular flexibility index (Phi) is 6.49. The van der Waals surface area contributed by atoms with Gasteiger partial charge in [0.05, 0.1) is 23.6 Å². The maximum absolute atomic E-state index is 12.4. The largest absolute Gasteiger partial charge is 0.432 e. The molecule has 0 spiro atoms. The van der Waals surface area contributed by atoms with E-state index in [2.05, 4.69) is 30.2 Å². The van der Waals surface area contributed by atoms with Crippen LogP contribution in [-0.2, 0) is 0 Å². The van der Waals surface area contributed by atoms with Crippen molar-refractivity contribution in [3.8, 4) is 11.4 Å². The monoisotopic (exact) mass is 433 g/mol. The van der Waals surface area contributed by atoms with Gasteiger partial charge < -0.3 is 26.3 Å². The minimum atomic E-state index is -4.71. The summed E-state index contributed by atoms with van der Waals surface area (Å²) in [7, 11) is 0. The van der Waals surface area contributed by atoms with Crippen LogP contribution in [0.3, 0.4) is 0 Å². The number of hydrogen-bond donors (Lipinski definition) is 5. The van der Waals surface area contributed by atoms with Gasteiger partial charge in [0, 0.05) is 43.2 Å². The Morgan fingerprint density at radius 3 is 2.77 bits per heavy atom. The molecule has 0 amide bonds. The fourth-order valence-electron chi connectivity index (χ4n) is 3.32. The van der Waals surface area contributed by atoms with Crippen LogP contribution in [0, 0.1) is 10.8 Å². The normalized spacial score (nSPS) is 20.3. The second-order valence-corrected chi connectivity index (χ2v) is 6.87. The van der Waals surface area contributed by atoms with E-state index in [1.54, 1.807) is 6.07 Å². The smallest absolute Gasteiger partial charge is 0.404 e. The Morgan fingerprint density at radius 2 is 2.10 bits per heavy atom. The standard InChI is InChI=1S/C19H22F3N9/c1-11-18(12(7-23)8-24)26-4-5-31(11)17-6-13(28-10-29-17)14-9-27-16(30-14)3-2-15(25)19(20,21)22/h2-3,6-11,18,23,25-26H,4-5,24H2,1H3,(H,27,30)/b3-2-,12-8+,23-7?,25-15?. The van der Waals surface area contributed by atoms with Crippen molar-refractivity contribution in [2.24, 2.45) is 5.73 Å². The van der Waals surface area contributed by atoms with Crippen LogP contribution in [0.2, 0.25) is 0 Å². The van der Waals surface area contributed by atoms with Crippen molar-refractivity contribution in [2.45, 2.75) is 25.2 Å². The van der Waals surface area contributed by atoms with Crippen molar-refractivity contribution in [1.82, 2.24) is 25.3 Å². The molecule has 3 heterocycles. The Hall–Kier alpha value is -3.54. The van der Waals surface area contributed by atoms with E-state index in [4.69, 9.17) is 16.6 Å². The Balaban J connectivity index is 1.81. The van der Waals surface area contributed by atoms with E-state index in [9.17, 15) is 13.2 Å². The first-order valence-electron chi connectivity index (χ1n) is 9.38. The van der Waals surface area contributed by atoms with E-state index in [1.807, 2.05) is 6.92 Å². The molecule has 2 unspecified atom stereocenters. The Labute approximate surface area is 176 Å². The van der Waals surface area contributed by atoms with Gasteiger partial charge in [-0.25, -0.2) is 15.0 Å². The number of rotatable bonds is 6. The van der Waals surface area contributed by atoms with E-state index >= 15 is 0 Å². The number of nitrogens with one attached hydrogen (secondary N) is 4. The van der Waals surface area contributed by atoms with Gasteiger partial charge in [0.1, 0.15) is 23.7 Å². The molecular formula is C19H22F3N9. The molecule has 0 aliphatic carbocycles. The number of nitrogens with two attached hydrogens (primary N) is 1. The summed E-state index contributed by atoms with van der Waals surface area (Å²) < 4.78 is 37.3. The number of piperazine rings is 1. The van der Waals surface area contributed by atoms with Crippen molar-refractivity contribution in [2.75, 3.05) is 18.0 Å². The highest BCUT2D eigenvalue weighted by Crippen LogP contribution is 2.24. The van der Waals surface area contributed by atoms with Gasteiger partial charge in [-0.1, -0.05) is 0 Å². The van der Waals surface area contributed by atoms with Crippen LogP contribution in [-0.4, -0.2) is 63.2 Å².